The lowest BCUT2D eigenvalue weighted by molar-refractivity contribution is -0.918. The molecule has 1 fully saturated rings. The summed E-state index contributed by atoms with van der Waals surface area (Å²) in [7, 11) is 1.66. The average Bonchev–Trinajstić information content (AvgIpc) is 3.18. The SMILES string of the molecule is COc1cccc(NC(=S)NC[C@H](c2ccccc2Cl)[NH+]2CCCC2)c1. The summed E-state index contributed by atoms with van der Waals surface area (Å²) in [6, 6.07) is 16.1. The third kappa shape index (κ3) is 4.87. The van der Waals surface area contributed by atoms with Crippen LogP contribution in [-0.4, -0.2) is 31.9 Å². The molecular formula is C20H25ClN3OS+. The molecule has 2 aromatic rings. The van der Waals surface area contributed by atoms with Crippen molar-refractivity contribution in [2.75, 3.05) is 32.1 Å². The van der Waals surface area contributed by atoms with Crippen LogP contribution in [0.3, 0.4) is 0 Å². The molecule has 0 bridgehead atoms. The first-order valence-corrected chi connectivity index (χ1v) is 9.74. The number of thiocarbonyl (C=S) groups is 1. The van der Waals surface area contributed by atoms with Gasteiger partial charge in [0.25, 0.3) is 0 Å². The summed E-state index contributed by atoms with van der Waals surface area (Å²) >= 11 is 12.0. The number of nitrogens with one attached hydrogen (secondary N) is 3. The molecular weight excluding hydrogens is 366 g/mol. The van der Waals surface area contributed by atoms with Crippen LogP contribution in [0.25, 0.3) is 0 Å². The van der Waals surface area contributed by atoms with Crippen LogP contribution in [0.4, 0.5) is 5.69 Å². The fourth-order valence-corrected chi connectivity index (χ4v) is 3.95. The van der Waals surface area contributed by atoms with Gasteiger partial charge in [0.1, 0.15) is 11.8 Å². The molecule has 4 nitrogen and oxygen atoms in total. The highest BCUT2D eigenvalue weighted by Gasteiger charge is 2.28. The molecule has 0 unspecified atom stereocenters. The van der Waals surface area contributed by atoms with Gasteiger partial charge >= 0.3 is 0 Å². The van der Waals surface area contributed by atoms with E-state index in [1.165, 1.54) is 31.5 Å². The smallest absolute Gasteiger partial charge is 0.171 e. The Morgan fingerprint density at radius 2 is 1.96 bits per heavy atom. The Bertz CT molecular complexity index is 749. The summed E-state index contributed by atoms with van der Waals surface area (Å²) in [6.07, 6.45) is 2.53. The number of benzene rings is 2. The lowest BCUT2D eigenvalue weighted by Gasteiger charge is -2.26. The Kier molecular flexibility index (Phi) is 6.72. The van der Waals surface area contributed by atoms with Gasteiger partial charge in [-0.15, -0.1) is 0 Å². The quantitative estimate of drug-likeness (QED) is 0.663. The molecule has 2 aromatic carbocycles. The third-order valence-corrected chi connectivity index (χ3v) is 5.40. The lowest BCUT2D eigenvalue weighted by Crippen LogP contribution is -3.11. The van der Waals surface area contributed by atoms with Gasteiger partial charge in [0, 0.05) is 35.2 Å². The summed E-state index contributed by atoms with van der Waals surface area (Å²) in [5.74, 6) is 0.799. The van der Waals surface area contributed by atoms with Crippen molar-refractivity contribution in [2.45, 2.75) is 18.9 Å². The van der Waals surface area contributed by atoms with E-state index in [1.54, 1.807) is 12.0 Å². The van der Waals surface area contributed by atoms with Crippen molar-refractivity contribution in [3.63, 3.8) is 0 Å². The Balaban J connectivity index is 1.65. The van der Waals surface area contributed by atoms with E-state index < -0.39 is 0 Å². The second kappa shape index (κ2) is 9.21. The molecule has 3 rings (SSSR count). The number of quaternary nitrogens is 1. The predicted molar refractivity (Wildman–Crippen MR) is 111 cm³/mol. The molecule has 0 aromatic heterocycles. The van der Waals surface area contributed by atoms with Gasteiger partial charge in [-0.3, -0.25) is 0 Å². The Morgan fingerprint density at radius 3 is 2.69 bits per heavy atom. The van der Waals surface area contributed by atoms with E-state index in [2.05, 4.69) is 22.8 Å². The fraction of sp³-hybridized carbons (Fsp3) is 0.350. The molecule has 0 amide bonds. The van der Waals surface area contributed by atoms with E-state index in [9.17, 15) is 0 Å². The van der Waals surface area contributed by atoms with Crippen molar-refractivity contribution < 1.29 is 9.64 Å². The van der Waals surface area contributed by atoms with Crippen LogP contribution >= 0.6 is 23.8 Å². The van der Waals surface area contributed by atoms with E-state index in [0.717, 1.165) is 23.0 Å². The average molecular weight is 391 g/mol. The van der Waals surface area contributed by atoms with Gasteiger partial charge in [-0.2, -0.15) is 0 Å². The van der Waals surface area contributed by atoms with E-state index in [4.69, 9.17) is 28.6 Å². The van der Waals surface area contributed by atoms with Crippen molar-refractivity contribution >= 4 is 34.6 Å². The van der Waals surface area contributed by atoms with Crippen LogP contribution in [0.15, 0.2) is 48.5 Å². The summed E-state index contributed by atoms with van der Waals surface area (Å²) < 4.78 is 5.25. The predicted octanol–water partition coefficient (Wildman–Crippen LogP) is 3.06. The monoisotopic (exact) mass is 390 g/mol. The van der Waals surface area contributed by atoms with Crippen molar-refractivity contribution in [3.05, 3.63) is 59.1 Å². The van der Waals surface area contributed by atoms with E-state index in [-0.39, 0.29) is 6.04 Å². The van der Waals surface area contributed by atoms with Crippen LogP contribution in [-0.2, 0) is 0 Å². The summed E-state index contributed by atoms with van der Waals surface area (Å²) in [5.41, 5.74) is 2.09. The van der Waals surface area contributed by atoms with Gasteiger partial charge in [0.2, 0.25) is 0 Å². The summed E-state index contributed by atoms with van der Waals surface area (Å²) in [5, 5.41) is 8.03. The zero-order valence-corrected chi connectivity index (χ0v) is 16.5. The van der Waals surface area contributed by atoms with Gasteiger partial charge in [0.05, 0.1) is 26.7 Å². The molecule has 1 aliphatic heterocycles. The summed E-state index contributed by atoms with van der Waals surface area (Å²) in [4.78, 5) is 1.56. The van der Waals surface area contributed by atoms with Crippen LogP contribution in [0, 0.1) is 0 Å². The molecule has 1 aliphatic rings. The molecule has 3 N–H and O–H groups in total. The second-order valence-corrected chi connectivity index (χ2v) is 7.32. The first-order chi connectivity index (χ1) is 12.7. The number of halogens is 1. The molecule has 138 valence electrons. The maximum absolute atomic E-state index is 6.47. The van der Waals surface area contributed by atoms with Crippen LogP contribution < -0.4 is 20.3 Å². The zero-order valence-electron chi connectivity index (χ0n) is 14.9. The van der Waals surface area contributed by atoms with E-state index in [0.29, 0.717) is 5.11 Å². The zero-order chi connectivity index (χ0) is 18.4. The largest absolute Gasteiger partial charge is 0.497 e. The van der Waals surface area contributed by atoms with Crippen LogP contribution in [0.2, 0.25) is 5.02 Å². The molecule has 26 heavy (non-hydrogen) atoms. The molecule has 0 spiro atoms. The maximum atomic E-state index is 6.47. The first kappa shape index (κ1) is 19.0. The van der Waals surface area contributed by atoms with E-state index in [1.807, 2.05) is 36.4 Å². The number of methoxy groups -OCH3 is 1. The molecule has 6 heteroatoms. The second-order valence-electron chi connectivity index (χ2n) is 6.51. The topological polar surface area (TPSA) is 37.7 Å². The van der Waals surface area contributed by atoms with Crippen molar-refractivity contribution in [2.24, 2.45) is 0 Å². The minimum atomic E-state index is 0.288. The minimum Gasteiger partial charge on any atom is -0.497 e. The van der Waals surface area contributed by atoms with Crippen molar-refractivity contribution in [1.82, 2.24) is 5.32 Å². The normalized spacial score (nSPS) is 15.5. The highest BCUT2D eigenvalue weighted by molar-refractivity contribution is 7.80. The number of hydrogen-bond acceptors (Lipinski definition) is 2. The Hall–Kier alpha value is -1.82. The van der Waals surface area contributed by atoms with Crippen molar-refractivity contribution in [3.8, 4) is 5.75 Å². The van der Waals surface area contributed by atoms with Gasteiger partial charge in [-0.1, -0.05) is 35.9 Å². The van der Waals surface area contributed by atoms with Gasteiger partial charge < -0.3 is 20.3 Å². The highest BCUT2D eigenvalue weighted by Crippen LogP contribution is 2.21. The third-order valence-electron chi connectivity index (χ3n) is 4.81. The summed E-state index contributed by atoms with van der Waals surface area (Å²) in [6.45, 7) is 3.09. The molecule has 1 heterocycles. The first-order valence-electron chi connectivity index (χ1n) is 8.95. The fourth-order valence-electron chi connectivity index (χ4n) is 3.48. The van der Waals surface area contributed by atoms with Gasteiger partial charge in [-0.25, -0.2) is 0 Å². The molecule has 1 saturated heterocycles. The van der Waals surface area contributed by atoms with Crippen LogP contribution in [0.1, 0.15) is 24.4 Å². The lowest BCUT2D eigenvalue weighted by atomic mass is 10.1. The minimum absolute atomic E-state index is 0.288. The molecule has 0 saturated carbocycles. The van der Waals surface area contributed by atoms with Crippen molar-refractivity contribution in [1.29, 1.82) is 0 Å². The molecule has 0 radical (unpaired) electrons. The molecule has 0 aliphatic carbocycles. The maximum Gasteiger partial charge on any atom is 0.171 e. The van der Waals surface area contributed by atoms with Gasteiger partial charge in [0.15, 0.2) is 5.11 Å². The van der Waals surface area contributed by atoms with Gasteiger partial charge in [-0.05, 0) is 30.4 Å². The van der Waals surface area contributed by atoms with E-state index >= 15 is 0 Å². The number of hydrogen-bond donors (Lipinski definition) is 3. The number of anilines is 1. The Morgan fingerprint density at radius 1 is 1.19 bits per heavy atom. The Labute approximate surface area is 165 Å². The van der Waals surface area contributed by atoms with Crippen LogP contribution in [0.5, 0.6) is 5.75 Å². The standard InChI is InChI=1S/C20H24ClN3OS/c1-25-16-8-6-7-15(13-16)23-20(26)22-14-19(24-11-4-5-12-24)17-9-2-3-10-18(17)21/h2-3,6-10,13,19H,4-5,11-12,14H2,1H3,(H2,22,23,26)/p+1/t19-/m1/s1. The number of likely N-dealkylation sites (tertiary alicyclic amines) is 1. The number of rotatable bonds is 6. The highest BCUT2D eigenvalue weighted by atomic mass is 35.5. The molecule has 1 atom stereocenters. The number of ether oxygens (including phenoxy) is 1.